The molecule has 0 spiro atoms. The molecular formula is C20H24O4. The minimum Gasteiger partial charge on any atom is -0.459 e. The van der Waals surface area contributed by atoms with E-state index in [1.165, 1.54) is 25.3 Å². The zero-order chi connectivity index (χ0) is 17.1. The van der Waals surface area contributed by atoms with Crippen molar-refractivity contribution >= 4 is 11.9 Å². The van der Waals surface area contributed by atoms with Crippen LogP contribution >= 0.6 is 0 Å². The van der Waals surface area contributed by atoms with Gasteiger partial charge >= 0.3 is 11.9 Å². The van der Waals surface area contributed by atoms with Crippen molar-refractivity contribution in [1.82, 2.24) is 0 Å². The van der Waals surface area contributed by atoms with Crippen molar-refractivity contribution in [2.45, 2.75) is 51.2 Å². The summed E-state index contributed by atoms with van der Waals surface area (Å²) >= 11 is 0. The molecular weight excluding hydrogens is 304 g/mol. The van der Waals surface area contributed by atoms with Gasteiger partial charge in [0.15, 0.2) is 0 Å². The molecule has 2 fully saturated rings. The Morgan fingerprint density at radius 2 is 1.88 bits per heavy atom. The number of benzene rings is 1. The molecule has 0 radical (unpaired) electrons. The van der Waals surface area contributed by atoms with E-state index in [2.05, 4.69) is 6.58 Å². The molecule has 0 amide bonds. The molecule has 2 aliphatic carbocycles. The van der Waals surface area contributed by atoms with Gasteiger partial charge in [0.25, 0.3) is 0 Å². The Hall–Kier alpha value is -2.10. The average Bonchev–Trinajstić information content (AvgIpc) is 2.89. The largest absolute Gasteiger partial charge is 0.459 e. The third kappa shape index (κ3) is 3.53. The Labute approximate surface area is 142 Å². The molecule has 0 aliphatic heterocycles. The fraction of sp³-hybridized carbons (Fsp3) is 0.500. The van der Waals surface area contributed by atoms with E-state index in [1.54, 1.807) is 12.1 Å². The zero-order valence-corrected chi connectivity index (χ0v) is 14.1. The number of ether oxygens (including phenoxy) is 2. The average molecular weight is 328 g/mol. The van der Waals surface area contributed by atoms with Crippen molar-refractivity contribution in [1.29, 1.82) is 0 Å². The summed E-state index contributed by atoms with van der Waals surface area (Å²) in [7, 11) is 0. The number of rotatable bonds is 4. The number of hydrogen-bond acceptors (Lipinski definition) is 4. The summed E-state index contributed by atoms with van der Waals surface area (Å²) in [6.07, 6.45) is 4.20. The molecule has 3 rings (SSSR count). The van der Waals surface area contributed by atoms with E-state index in [9.17, 15) is 9.59 Å². The van der Waals surface area contributed by atoms with E-state index < -0.39 is 18.0 Å². The molecule has 2 aliphatic rings. The molecule has 4 nitrogen and oxygen atoms in total. The summed E-state index contributed by atoms with van der Waals surface area (Å²) in [5.74, 6) is -0.142. The summed E-state index contributed by atoms with van der Waals surface area (Å²) in [4.78, 5) is 24.1. The molecule has 24 heavy (non-hydrogen) atoms. The van der Waals surface area contributed by atoms with Crippen LogP contribution in [0.15, 0.2) is 42.5 Å². The highest BCUT2D eigenvalue weighted by Gasteiger charge is 2.43. The van der Waals surface area contributed by atoms with Gasteiger partial charge in [0.05, 0.1) is 0 Å². The molecule has 0 unspecified atom stereocenters. The van der Waals surface area contributed by atoms with Gasteiger partial charge in [-0.2, -0.15) is 0 Å². The van der Waals surface area contributed by atoms with Crippen LogP contribution in [0.25, 0.3) is 0 Å². The standard InChI is InChI=1S/C20H24O4/c1-13-12-18(17-11-7-6-10-16(13)17)24-20(22)19(23-14(2)21)15-8-4-3-5-9-15/h3-5,8-9,16-19H,1,6-7,10-12H2,2H3/t16-,17-,18-,19+/m1/s1. The maximum Gasteiger partial charge on any atom is 0.352 e. The Morgan fingerprint density at radius 3 is 2.58 bits per heavy atom. The van der Waals surface area contributed by atoms with E-state index in [1.807, 2.05) is 18.2 Å². The number of fused-ring (bicyclic) bond motifs is 1. The smallest absolute Gasteiger partial charge is 0.352 e. The molecule has 128 valence electrons. The second-order valence-electron chi connectivity index (χ2n) is 6.79. The molecule has 4 heteroatoms. The summed E-state index contributed by atoms with van der Waals surface area (Å²) in [5.41, 5.74) is 1.83. The molecule has 1 aromatic rings. The normalized spacial score (nSPS) is 27.2. The van der Waals surface area contributed by atoms with Crippen molar-refractivity contribution in [2.24, 2.45) is 11.8 Å². The number of esters is 2. The Morgan fingerprint density at radius 1 is 1.17 bits per heavy atom. The predicted octanol–water partition coefficient (Wildman–Crippen LogP) is 3.97. The maximum absolute atomic E-state index is 12.7. The van der Waals surface area contributed by atoms with Crippen molar-refractivity contribution < 1.29 is 19.1 Å². The maximum atomic E-state index is 12.7. The lowest BCUT2D eigenvalue weighted by Gasteiger charge is -2.29. The first kappa shape index (κ1) is 16.7. The van der Waals surface area contributed by atoms with E-state index in [4.69, 9.17) is 9.47 Å². The van der Waals surface area contributed by atoms with Gasteiger partial charge in [0.1, 0.15) is 6.10 Å². The van der Waals surface area contributed by atoms with E-state index in [0.29, 0.717) is 17.4 Å². The SMILES string of the molecule is C=C1C[C@@H](OC(=O)[C@@H](OC(C)=O)c2ccccc2)[C@@H]2CCCC[C@H]12. The highest BCUT2D eigenvalue weighted by molar-refractivity contribution is 5.80. The van der Waals surface area contributed by atoms with Gasteiger partial charge in [0, 0.05) is 24.8 Å². The Kier molecular flexibility index (Phi) is 5.03. The van der Waals surface area contributed by atoms with Gasteiger partial charge in [-0.05, 0) is 18.8 Å². The lowest BCUT2D eigenvalue weighted by atomic mass is 9.80. The Bertz CT molecular complexity index is 622. The van der Waals surface area contributed by atoms with Crippen LogP contribution in [-0.4, -0.2) is 18.0 Å². The summed E-state index contributed by atoms with van der Waals surface area (Å²) in [6, 6.07) is 9.02. The first-order chi connectivity index (χ1) is 11.6. The molecule has 0 heterocycles. The second-order valence-corrected chi connectivity index (χ2v) is 6.79. The van der Waals surface area contributed by atoms with Crippen LogP contribution in [0.3, 0.4) is 0 Å². The van der Waals surface area contributed by atoms with Crippen LogP contribution in [0.4, 0.5) is 0 Å². The van der Waals surface area contributed by atoms with Crippen LogP contribution < -0.4 is 0 Å². The van der Waals surface area contributed by atoms with E-state index in [0.717, 1.165) is 19.3 Å². The minimum atomic E-state index is -1.00. The van der Waals surface area contributed by atoms with Crippen LogP contribution in [0.1, 0.15) is 50.7 Å². The van der Waals surface area contributed by atoms with Gasteiger partial charge in [-0.1, -0.05) is 55.3 Å². The third-order valence-electron chi connectivity index (χ3n) is 5.15. The molecule has 0 bridgehead atoms. The first-order valence-corrected chi connectivity index (χ1v) is 8.66. The van der Waals surface area contributed by atoms with Crippen molar-refractivity contribution in [3.8, 4) is 0 Å². The van der Waals surface area contributed by atoms with Crippen LogP contribution in [0, 0.1) is 11.8 Å². The fourth-order valence-corrected chi connectivity index (χ4v) is 4.06. The number of carbonyl (C=O) groups excluding carboxylic acids is 2. The first-order valence-electron chi connectivity index (χ1n) is 8.66. The van der Waals surface area contributed by atoms with Crippen molar-refractivity contribution in [3.05, 3.63) is 48.0 Å². The Balaban J connectivity index is 1.73. The van der Waals surface area contributed by atoms with Crippen LogP contribution in [0.5, 0.6) is 0 Å². The quantitative estimate of drug-likeness (QED) is 0.620. The molecule has 4 atom stereocenters. The van der Waals surface area contributed by atoms with Gasteiger partial charge in [-0.15, -0.1) is 0 Å². The van der Waals surface area contributed by atoms with Crippen molar-refractivity contribution in [2.75, 3.05) is 0 Å². The van der Waals surface area contributed by atoms with Crippen molar-refractivity contribution in [3.63, 3.8) is 0 Å². The molecule has 2 saturated carbocycles. The third-order valence-corrected chi connectivity index (χ3v) is 5.15. The highest BCUT2D eigenvalue weighted by Crippen LogP contribution is 2.46. The van der Waals surface area contributed by atoms with Gasteiger partial charge < -0.3 is 9.47 Å². The predicted molar refractivity (Wildman–Crippen MR) is 90.0 cm³/mol. The molecule has 0 aromatic heterocycles. The van der Waals surface area contributed by atoms with Gasteiger partial charge in [-0.25, -0.2) is 4.79 Å². The van der Waals surface area contributed by atoms with Gasteiger partial charge in [0.2, 0.25) is 6.10 Å². The lowest BCUT2D eigenvalue weighted by molar-refractivity contribution is -0.172. The summed E-state index contributed by atoms with van der Waals surface area (Å²) < 4.78 is 11.0. The number of hydrogen-bond donors (Lipinski definition) is 0. The van der Waals surface area contributed by atoms with E-state index in [-0.39, 0.29) is 6.10 Å². The van der Waals surface area contributed by atoms with E-state index >= 15 is 0 Å². The number of carbonyl (C=O) groups is 2. The second kappa shape index (κ2) is 7.20. The fourth-order valence-electron chi connectivity index (χ4n) is 4.06. The molecule has 0 N–H and O–H groups in total. The lowest BCUT2D eigenvalue weighted by Crippen LogP contribution is -2.30. The molecule has 0 saturated heterocycles. The summed E-state index contributed by atoms with van der Waals surface area (Å²) in [6.45, 7) is 5.47. The van der Waals surface area contributed by atoms with Crippen LogP contribution in [0.2, 0.25) is 0 Å². The minimum absolute atomic E-state index is 0.142. The zero-order valence-electron chi connectivity index (χ0n) is 14.1. The monoisotopic (exact) mass is 328 g/mol. The van der Waals surface area contributed by atoms with Gasteiger partial charge in [-0.3, -0.25) is 4.79 Å². The highest BCUT2D eigenvalue weighted by atomic mass is 16.6. The van der Waals surface area contributed by atoms with Crippen LogP contribution in [-0.2, 0) is 19.1 Å². The summed E-state index contributed by atoms with van der Waals surface area (Å²) in [5, 5.41) is 0. The molecule has 1 aromatic carbocycles. The topological polar surface area (TPSA) is 52.6 Å².